The second kappa shape index (κ2) is 9.57. The number of methoxy groups -OCH3 is 1. The number of amides is 1. The van der Waals surface area contributed by atoms with E-state index in [1.807, 2.05) is 24.3 Å². The van der Waals surface area contributed by atoms with Gasteiger partial charge in [0.1, 0.15) is 5.54 Å². The molecule has 1 amide bonds. The monoisotopic (exact) mass is 599 g/mol. The smallest absolute Gasteiger partial charge is 0.306 e. The molecule has 8 nitrogen and oxygen atoms in total. The molecule has 1 atom stereocenters. The van der Waals surface area contributed by atoms with Gasteiger partial charge in [-0.2, -0.15) is 0 Å². The number of halogens is 3. The van der Waals surface area contributed by atoms with Crippen LogP contribution in [0.4, 0.5) is 11.6 Å². The van der Waals surface area contributed by atoms with Gasteiger partial charge in [0.15, 0.2) is 14.9 Å². The highest BCUT2D eigenvalue weighted by Crippen LogP contribution is 2.44. The Labute approximate surface area is 220 Å². The summed E-state index contributed by atoms with van der Waals surface area (Å²) in [4.78, 5) is 31.2. The lowest BCUT2D eigenvalue weighted by molar-refractivity contribution is -0.140. The van der Waals surface area contributed by atoms with Crippen LogP contribution in [0.15, 0.2) is 58.2 Å². The van der Waals surface area contributed by atoms with E-state index in [-0.39, 0.29) is 23.8 Å². The van der Waals surface area contributed by atoms with E-state index in [1.54, 1.807) is 19.1 Å². The van der Waals surface area contributed by atoms with E-state index in [9.17, 15) is 18.0 Å². The zero-order valence-corrected chi connectivity index (χ0v) is 22.6. The van der Waals surface area contributed by atoms with Crippen LogP contribution in [0.5, 0.6) is 0 Å². The number of carbonyl (C=O) groups is 2. The van der Waals surface area contributed by atoms with E-state index in [0.717, 1.165) is 10.0 Å². The zero-order chi connectivity index (χ0) is 25.5. The molecule has 0 spiro atoms. The second-order valence-electron chi connectivity index (χ2n) is 8.22. The first-order valence-electron chi connectivity index (χ1n) is 10.4. The maximum Gasteiger partial charge on any atom is 0.306 e. The van der Waals surface area contributed by atoms with E-state index in [1.165, 1.54) is 28.8 Å². The highest BCUT2D eigenvalue weighted by molar-refractivity contribution is 9.10. The highest BCUT2D eigenvalue weighted by atomic mass is 79.9. The van der Waals surface area contributed by atoms with Gasteiger partial charge in [0.2, 0.25) is 5.95 Å². The molecule has 0 N–H and O–H groups in total. The molecule has 1 aliphatic rings. The van der Waals surface area contributed by atoms with Gasteiger partial charge < -0.3 is 4.74 Å². The molecular formula is C23H20BrCl2N3O5S. The van der Waals surface area contributed by atoms with E-state index < -0.39 is 33.0 Å². The summed E-state index contributed by atoms with van der Waals surface area (Å²) in [6, 6.07) is 12.0. The molecule has 0 fully saturated rings. The van der Waals surface area contributed by atoms with Gasteiger partial charge in [-0.05, 0) is 42.8 Å². The van der Waals surface area contributed by atoms with Gasteiger partial charge in [-0.1, -0.05) is 51.3 Å². The molecule has 4 rings (SSSR count). The van der Waals surface area contributed by atoms with E-state index in [2.05, 4.69) is 25.7 Å². The number of aromatic nitrogens is 2. The number of benzene rings is 2. The first-order valence-corrected chi connectivity index (χ1v) is 13.6. The molecule has 0 saturated carbocycles. The van der Waals surface area contributed by atoms with Gasteiger partial charge in [-0.25, -0.2) is 18.3 Å². The number of rotatable bonds is 7. The van der Waals surface area contributed by atoms with Gasteiger partial charge in [0, 0.05) is 20.9 Å². The van der Waals surface area contributed by atoms with Crippen LogP contribution in [0, 0.1) is 0 Å². The minimum Gasteiger partial charge on any atom is -0.469 e. The van der Waals surface area contributed by atoms with Crippen molar-refractivity contribution in [2.75, 3.05) is 17.8 Å². The number of ether oxygens (including phenoxy) is 1. The van der Waals surface area contributed by atoms with Crippen LogP contribution in [-0.2, 0) is 36.1 Å². The number of fused-ring (bicyclic) bond motifs is 1. The number of imidazole rings is 1. The maximum atomic E-state index is 13.9. The SMILES string of the molecule is COC(=O)CCS(=O)(=O)c1cnc2n1[C@](C)(Cc1ccc(Br)cc1)C(=O)N2c1cc(Cl)cc(Cl)c1. The Bertz CT molecular complexity index is 1410. The van der Waals surface area contributed by atoms with Gasteiger partial charge in [0.25, 0.3) is 5.91 Å². The first kappa shape index (κ1) is 25.7. The topological polar surface area (TPSA) is 98.6 Å². The quantitative estimate of drug-likeness (QED) is 0.357. The van der Waals surface area contributed by atoms with Crippen LogP contribution < -0.4 is 4.90 Å². The summed E-state index contributed by atoms with van der Waals surface area (Å²) >= 11 is 15.8. The molecule has 1 aromatic heterocycles. The third-order valence-corrected chi connectivity index (χ3v) is 8.39. The van der Waals surface area contributed by atoms with Crippen molar-refractivity contribution in [3.8, 4) is 0 Å². The summed E-state index contributed by atoms with van der Waals surface area (Å²) in [6.07, 6.45) is 1.06. The van der Waals surface area contributed by atoms with Crippen molar-refractivity contribution in [3.05, 3.63) is 68.7 Å². The molecule has 0 radical (unpaired) electrons. The lowest BCUT2D eigenvalue weighted by atomic mass is 9.92. The summed E-state index contributed by atoms with van der Waals surface area (Å²) < 4.78 is 33.4. The Balaban J connectivity index is 1.87. The minimum absolute atomic E-state index is 0.115. The molecule has 0 bridgehead atoms. The van der Waals surface area contributed by atoms with Crippen LogP contribution in [-0.4, -0.2) is 42.7 Å². The Morgan fingerprint density at radius 1 is 1.14 bits per heavy atom. The fourth-order valence-electron chi connectivity index (χ4n) is 4.08. The third kappa shape index (κ3) is 4.84. The van der Waals surface area contributed by atoms with Crippen molar-refractivity contribution in [1.29, 1.82) is 0 Å². The van der Waals surface area contributed by atoms with E-state index in [0.29, 0.717) is 15.7 Å². The number of hydrogen-bond acceptors (Lipinski definition) is 6. The Morgan fingerprint density at radius 2 is 1.77 bits per heavy atom. The summed E-state index contributed by atoms with van der Waals surface area (Å²) in [5, 5.41) is 0.455. The Morgan fingerprint density at radius 3 is 2.37 bits per heavy atom. The molecular weight excluding hydrogens is 581 g/mol. The molecule has 0 saturated heterocycles. The molecule has 3 aromatic rings. The lowest BCUT2D eigenvalue weighted by Gasteiger charge is -2.26. The van der Waals surface area contributed by atoms with E-state index in [4.69, 9.17) is 23.2 Å². The van der Waals surface area contributed by atoms with Gasteiger partial charge >= 0.3 is 5.97 Å². The van der Waals surface area contributed by atoms with Gasteiger partial charge in [-0.15, -0.1) is 0 Å². The lowest BCUT2D eigenvalue weighted by Crippen LogP contribution is -2.42. The third-order valence-electron chi connectivity index (χ3n) is 5.76. The first-order chi connectivity index (χ1) is 16.5. The summed E-state index contributed by atoms with van der Waals surface area (Å²) in [5.41, 5.74) is -0.174. The average Bonchev–Trinajstić information content (AvgIpc) is 3.32. The number of hydrogen-bond donors (Lipinski definition) is 0. The molecule has 184 valence electrons. The summed E-state index contributed by atoms with van der Waals surface area (Å²) in [6.45, 7) is 1.66. The fraction of sp³-hybridized carbons (Fsp3) is 0.261. The molecule has 35 heavy (non-hydrogen) atoms. The number of esters is 1. The van der Waals surface area contributed by atoms with Crippen LogP contribution in [0.2, 0.25) is 10.0 Å². The van der Waals surface area contributed by atoms with Crippen LogP contribution in [0.3, 0.4) is 0 Å². The highest BCUT2D eigenvalue weighted by Gasteiger charge is 2.51. The van der Waals surface area contributed by atoms with Crippen molar-refractivity contribution >= 4 is 72.5 Å². The summed E-state index contributed by atoms with van der Waals surface area (Å²) in [5.74, 6) is -1.43. The molecule has 12 heteroatoms. The largest absolute Gasteiger partial charge is 0.469 e. The number of carbonyl (C=O) groups excluding carboxylic acids is 2. The standard InChI is InChI=1S/C23H20BrCl2N3O5S/c1-23(12-14-3-5-15(24)6-4-14)21(31)28(18-10-16(25)9-17(26)11-18)22-27-13-19(29(22)23)35(32,33)8-7-20(30)34-2/h3-6,9-11,13H,7-8,12H2,1-2H3/t23-/m1/s1. The van der Waals surface area contributed by atoms with Gasteiger partial charge in [0.05, 0.1) is 31.2 Å². The molecule has 1 aliphatic heterocycles. The van der Waals surface area contributed by atoms with Crippen molar-refractivity contribution < 1.29 is 22.7 Å². The Kier molecular flexibility index (Phi) is 7.02. The minimum atomic E-state index is -4.00. The van der Waals surface area contributed by atoms with E-state index >= 15 is 0 Å². The molecule has 2 aromatic carbocycles. The van der Waals surface area contributed by atoms with Crippen LogP contribution in [0.1, 0.15) is 18.9 Å². The van der Waals surface area contributed by atoms with Crippen LogP contribution in [0.25, 0.3) is 0 Å². The molecule has 2 heterocycles. The second-order valence-corrected chi connectivity index (χ2v) is 12.1. The predicted molar refractivity (Wildman–Crippen MR) is 136 cm³/mol. The average molecular weight is 601 g/mol. The van der Waals surface area contributed by atoms with Crippen molar-refractivity contribution in [2.24, 2.45) is 0 Å². The number of nitrogens with zero attached hydrogens (tertiary/aromatic N) is 3. The van der Waals surface area contributed by atoms with Crippen molar-refractivity contribution in [2.45, 2.75) is 30.3 Å². The maximum absolute atomic E-state index is 13.9. The molecule has 0 unspecified atom stereocenters. The molecule has 0 aliphatic carbocycles. The van der Waals surface area contributed by atoms with Crippen molar-refractivity contribution in [1.82, 2.24) is 9.55 Å². The van der Waals surface area contributed by atoms with Crippen LogP contribution >= 0.6 is 39.1 Å². The van der Waals surface area contributed by atoms with Crippen molar-refractivity contribution in [3.63, 3.8) is 0 Å². The summed E-state index contributed by atoms with van der Waals surface area (Å²) in [7, 11) is -2.81. The normalized spacial score (nSPS) is 17.5. The number of anilines is 2. The fourth-order valence-corrected chi connectivity index (χ4v) is 6.27. The van der Waals surface area contributed by atoms with Gasteiger partial charge in [-0.3, -0.25) is 14.2 Å². The number of sulfone groups is 1. The zero-order valence-electron chi connectivity index (χ0n) is 18.7. The Hall–Kier alpha value is -2.40. The predicted octanol–water partition coefficient (Wildman–Crippen LogP) is 4.93.